The van der Waals surface area contributed by atoms with Crippen LogP contribution in [0.25, 0.3) is 11.0 Å². The van der Waals surface area contributed by atoms with Crippen LogP contribution in [0.2, 0.25) is 0 Å². The van der Waals surface area contributed by atoms with Gasteiger partial charge in [0, 0.05) is 7.05 Å². The Balaban J connectivity index is 2.03. The van der Waals surface area contributed by atoms with E-state index in [4.69, 9.17) is 4.98 Å². The molecule has 0 amide bonds. The molecule has 0 fully saturated rings. The Labute approximate surface area is 147 Å². The molecule has 0 aliphatic carbocycles. The van der Waals surface area contributed by atoms with Crippen LogP contribution >= 0.6 is 0 Å². The number of benzene rings is 3. The van der Waals surface area contributed by atoms with Gasteiger partial charge in [-0.05, 0) is 30.2 Å². The van der Waals surface area contributed by atoms with E-state index < -0.39 is 5.60 Å². The van der Waals surface area contributed by atoms with E-state index in [2.05, 4.69) is 0 Å². The van der Waals surface area contributed by atoms with E-state index >= 15 is 0 Å². The van der Waals surface area contributed by atoms with E-state index in [1.165, 1.54) is 0 Å². The Morgan fingerprint density at radius 1 is 0.800 bits per heavy atom. The summed E-state index contributed by atoms with van der Waals surface area (Å²) in [4.78, 5) is 4.77. The predicted molar refractivity (Wildman–Crippen MR) is 100 cm³/mol. The molecule has 3 aromatic carbocycles. The molecule has 1 aromatic heterocycles. The number of aromatic nitrogens is 2. The molecule has 0 saturated heterocycles. The van der Waals surface area contributed by atoms with Gasteiger partial charge in [-0.2, -0.15) is 0 Å². The fourth-order valence-corrected chi connectivity index (χ4v) is 3.37. The van der Waals surface area contributed by atoms with Gasteiger partial charge in [0.15, 0.2) is 11.4 Å². The zero-order valence-electron chi connectivity index (χ0n) is 14.3. The largest absolute Gasteiger partial charge is 0.373 e. The molecule has 1 unspecified atom stereocenters. The standard InChI is InChI=1S/C22H20N2O/c1-16-12-14-18(15-13-16)22(25,17-8-4-3-5-9-17)21-23-19-10-6-7-11-20(19)24(21)2/h3-15,25H,1-2H3. The maximum absolute atomic E-state index is 11.9. The van der Waals surface area contributed by atoms with Crippen molar-refractivity contribution in [1.29, 1.82) is 0 Å². The first-order chi connectivity index (χ1) is 12.1. The lowest BCUT2D eigenvalue weighted by Crippen LogP contribution is -2.32. The predicted octanol–water partition coefficient (Wildman–Crippen LogP) is 4.17. The highest BCUT2D eigenvalue weighted by Crippen LogP contribution is 2.37. The highest BCUT2D eigenvalue weighted by molar-refractivity contribution is 5.76. The van der Waals surface area contributed by atoms with E-state index in [1.807, 2.05) is 97.4 Å². The van der Waals surface area contributed by atoms with Crippen LogP contribution in [-0.2, 0) is 12.6 Å². The van der Waals surface area contributed by atoms with E-state index in [9.17, 15) is 5.11 Å². The van der Waals surface area contributed by atoms with E-state index in [-0.39, 0.29) is 0 Å². The van der Waals surface area contributed by atoms with Crippen LogP contribution in [-0.4, -0.2) is 14.7 Å². The molecule has 0 radical (unpaired) electrons. The molecule has 1 atom stereocenters. The minimum atomic E-state index is -1.32. The van der Waals surface area contributed by atoms with Crippen molar-refractivity contribution in [2.45, 2.75) is 12.5 Å². The van der Waals surface area contributed by atoms with Gasteiger partial charge < -0.3 is 9.67 Å². The van der Waals surface area contributed by atoms with Crippen molar-refractivity contribution in [3.05, 3.63) is 101 Å². The molecule has 0 aliphatic rings. The number of aliphatic hydroxyl groups is 1. The summed E-state index contributed by atoms with van der Waals surface area (Å²) in [5.74, 6) is 0.615. The van der Waals surface area contributed by atoms with Crippen molar-refractivity contribution in [1.82, 2.24) is 9.55 Å². The molecule has 1 heterocycles. The number of hydrogen-bond acceptors (Lipinski definition) is 2. The van der Waals surface area contributed by atoms with Crippen LogP contribution in [0.15, 0.2) is 78.9 Å². The molecular formula is C22H20N2O. The number of fused-ring (bicyclic) bond motifs is 1. The molecule has 0 bridgehead atoms. The highest BCUT2D eigenvalue weighted by Gasteiger charge is 2.38. The number of nitrogens with zero attached hydrogens (tertiary/aromatic N) is 2. The van der Waals surface area contributed by atoms with Crippen molar-refractivity contribution in [2.75, 3.05) is 0 Å². The third-order valence-electron chi connectivity index (χ3n) is 4.77. The van der Waals surface area contributed by atoms with Crippen LogP contribution in [0.3, 0.4) is 0 Å². The van der Waals surface area contributed by atoms with Gasteiger partial charge in [0.05, 0.1) is 11.0 Å². The number of aryl methyl sites for hydroxylation is 2. The van der Waals surface area contributed by atoms with Crippen molar-refractivity contribution in [2.24, 2.45) is 7.05 Å². The van der Waals surface area contributed by atoms with Gasteiger partial charge in [0.25, 0.3) is 0 Å². The van der Waals surface area contributed by atoms with Gasteiger partial charge in [-0.1, -0.05) is 72.3 Å². The Morgan fingerprint density at radius 2 is 1.40 bits per heavy atom. The van der Waals surface area contributed by atoms with E-state index in [0.29, 0.717) is 5.82 Å². The maximum atomic E-state index is 11.9. The maximum Gasteiger partial charge on any atom is 0.173 e. The van der Waals surface area contributed by atoms with Crippen molar-refractivity contribution >= 4 is 11.0 Å². The van der Waals surface area contributed by atoms with Crippen molar-refractivity contribution < 1.29 is 5.11 Å². The molecule has 0 aliphatic heterocycles. The first-order valence-corrected chi connectivity index (χ1v) is 8.37. The number of hydrogen-bond donors (Lipinski definition) is 1. The zero-order chi connectivity index (χ0) is 17.4. The van der Waals surface area contributed by atoms with Crippen LogP contribution < -0.4 is 0 Å². The average molecular weight is 328 g/mol. The van der Waals surface area contributed by atoms with Gasteiger partial charge in [-0.15, -0.1) is 0 Å². The molecule has 124 valence electrons. The van der Waals surface area contributed by atoms with Gasteiger partial charge >= 0.3 is 0 Å². The molecule has 3 nitrogen and oxygen atoms in total. The van der Waals surface area contributed by atoms with Gasteiger partial charge in [0.2, 0.25) is 0 Å². The van der Waals surface area contributed by atoms with Crippen molar-refractivity contribution in [3.63, 3.8) is 0 Å². The zero-order valence-corrected chi connectivity index (χ0v) is 14.3. The first kappa shape index (κ1) is 15.6. The Hall–Kier alpha value is -2.91. The number of para-hydroxylation sites is 2. The van der Waals surface area contributed by atoms with Crippen LogP contribution in [0.5, 0.6) is 0 Å². The third-order valence-corrected chi connectivity index (χ3v) is 4.77. The van der Waals surface area contributed by atoms with Crippen LogP contribution in [0.1, 0.15) is 22.5 Å². The molecule has 1 N–H and O–H groups in total. The second-order valence-corrected chi connectivity index (χ2v) is 6.43. The summed E-state index contributed by atoms with van der Waals surface area (Å²) in [6.45, 7) is 2.04. The molecule has 0 spiro atoms. The Kier molecular flexibility index (Phi) is 3.66. The van der Waals surface area contributed by atoms with Gasteiger partial charge in [0.1, 0.15) is 0 Å². The molecule has 4 rings (SSSR count). The molecular weight excluding hydrogens is 308 g/mol. The average Bonchev–Trinajstić information content (AvgIpc) is 3.00. The SMILES string of the molecule is Cc1ccc(C(O)(c2ccccc2)c2nc3ccccc3n2C)cc1. The monoisotopic (exact) mass is 328 g/mol. The van der Waals surface area contributed by atoms with Crippen molar-refractivity contribution in [3.8, 4) is 0 Å². The summed E-state index contributed by atoms with van der Waals surface area (Å²) in [7, 11) is 1.95. The van der Waals surface area contributed by atoms with E-state index in [1.54, 1.807) is 0 Å². The number of imidazole rings is 1. The topological polar surface area (TPSA) is 38.1 Å². The minimum absolute atomic E-state index is 0.615. The smallest absolute Gasteiger partial charge is 0.173 e. The summed E-state index contributed by atoms with van der Waals surface area (Å²) < 4.78 is 1.97. The molecule has 3 heteroatoms. The Bertz CT molecular complexity index is 1020. The second-order valence-electron chi connectivity index (χ2n) is 6.43. The second kappa shape index (κ2) is 5.87. The summed E-state index contributed by atoms with van der Waals surface area (Å²) in [5, 5.41) is 11.9. The lowest BCUT2D eigenvalue weighted by atomic mass is 9.85. The fourth-order valence-electron chi connectivity index (χ4n) is 3.37. The summed E-state index contributed by atoms with van der Waals surface area (Å²) in [5.41, 5.74) is 3.33. The highest BCUT2D eigenvalue weighted by atomic mass is 16.3. The number of rotatable bonds is 3. The van der Waals surface area contributed by atoms with Gasteiger partial charge in [-0.3, -0.25) is 0 Å². The lowest BCUT2D eigenvalue weighted by molar-refractivity contribution is 0.113. The molecule has 25 heavy (non-hydrogen) atoms. The lowest BCUT2D eigenvalue weighted by Gasteiger charge is -2.29. The van der Waals surface area contributed by atoms with E-state index in [0.717, 1.165) is 27.7 Å². The normalized spacial score (nSPS) is 13.7. The van der Waals surface area contributed by atoms with Gasteiger partial charge in [-0.25, -0.2) is 4.98 Å². The Morgan fingerprint density at radius 3 is 2.08 bits per heavy atom. The summed E-state index contributed by atoms with van der Waals surface area (Å²) >= 11 is 0. The summed E-state index contributed by atoms with van der Waals surface area (Å²) in [6.07, 6.45) is 0. The molecule has 4 aromatic rings. The quantitative estimate of drug-likeness (QED) is 0.613. The first-order valence-electron chi connectivity index (χ1n) is 8.37. The molecule has 0 saturated carbocycles. The van der Waals surface area contributed by atoms with Crippen LogP contribution in [0.4, 0.5) is 0 Å². The fraction of sp³-hybridized carbons (Fsp3) is 0.136. The third kappa shape index (κ3) is 2.44. The van der Waals surface area contributed by atoms with Crippen LogP contribution in [0, 0.1) is 6.92 Å². The minimum Gasteiger partial charge on any atom is -0.373 e. The summed E-state index contributed by atoms with van der Waals surface area (Å²) in [6, 6.07) is 25.7.